The van der Waals surface area contributed by atoms with Crippen LogP contribution in [0.15, 0.2) is 6.33 Å². The van der Waals surface area contributed by atoms with Gasteiger partial charge in [-0.05, 0) is 25.2 Å². The highest BCUT2D eigenvalue weighted by molar-refractivity contribution is 5.48. The monoisotopic (exact) mass is 265 g/mol. The van der Waals surface area contributed by atoms with Crippen molar-refractivity contribution in [2.75, 3.05) is 18.5 Å². The Hall–Kier alpha value is -1.32. The Morgan fingerprint density at radius 1 is 1.21 bits per heavy atom. The highest BCUT2D eigenvalue weighted by atomic mass is 16.5. The fourth-order valence-electron chi connectivity index (χ4n) is 1.78. The molecule has 0 aliphatic rings. The molecular formula is C15H27N3O. The van der Waals surface area contributed by atoms with Crippen LogP contribution in [0.25, 0.3) is 0 Å². The Balaban J connectivity index is 2.76. The van der Waals surface area contributed by atoms with E-state index in [-0.39, 0.29) is 0 Å². The first-order chi connectivity index (χ1) is 9.19. The van der Waals surface area contributed by atoms with Gasteiger partial charge in [0, 0.05) is 6.54 Å². The van der Waals surface area contributed by atoms with Crippen LogP contribution in [0.5, 0.6) is 5.88 Å². The molecule has 1 aromatic rings. The number of rotatable bonds is 9. The molecule has 0 aliphatic carbocycles. The zero-order valence-corrected chi connectivity index (χ0v) is 12.7. The first-order valence-corrected chi connectivity index (χ1v) is 7.39. The highest BCUT2D eigenvalue weighted by Gasteiger charge is 2.11. The minimum atomic E-state index is 0.647. The molecule has 0 aliphatic heterocycles. The van der Waals surface area contributed by atoms with Crippen LogP contribution >= 0.6 is 0 Å². The van der Waals surface area contributed by atoms with Gasteiger partial charge in [0.15, 0.2) is 0 Å². The zero-order valence-electron chi connectivity index (χ0n) is 12.7. The summed E-state index contributed by atoms with van der Waals surface area (Å²) in [6, 6.07) is 0. The molecular weight excluding hydrogens is 238 g/mol. The first-order valence-electron chi connectivity index (χ1n) is 7.39. The van der Waals surface area contributed by atoms with Gasteiger partial charge in [-0.2, -0.15) is 0 Å². The number of aromatic nitrogens is 2. The smallest absolute Gasteiger partial charge is 0.221 e. The average molecular weight is 265 g/mol. The summed E-state index contributed by atoms with van der Waals surface area (Å²) in [5.41, 5.74) is 1.11. The van der Waals surface area contributed by atoms with E-state index >= 15 is 0 Å². The molecule has 0 amide bonds. The molecule has 19 heavy (non-hydrogen) atoms. The van der Waals surface area contributed by atoms with Gasteiger partial charge in [0.05, 0.1) is 12.2 Å². The van der Waals surface area contributed by atoms with E-state index in [1.54, 1.807) is 6.33 Å². The summed E-state index contributed by atoms with van der Waals surface area (Å²) in [5.74, 6) is 2.32. The third kappa shape index (κ3) is 5.45. The summed E-state index contributed by atoms with van der Waals surface area (Å²) in [4.78, 5) is 8.63. The lowest BCUT2D eigenvalue weighted by atomic mass is 10.1. The molecule has 1 heterocycles. The Bertz CT molecular complexity index is 366. The molecule has 0 saturated carbocycles. The van der Waals surface area contributed by atoms with E-state index < -0.39 is 0 Å². The number of hydrogen-bond acceptors (Lipinski definition) is 4. The van der Waals surface area contributed by atoms with Crippen molar-refractivity contribution in [3.63, 3.8) is 0 Å². The number of hydrogen-bond donors (Lipinski definition) is 1. The fourth-order valence-corrected chi connectivity index (χ4v) is 1.78. The van der Waals surface area contributed by atoms with Crippen LogP contribution in [-0.2, 0) is 6.42 Å². The van der Waals surface area contributed by atoms with Crippen molar-refractivity contribution >= 4 is 5.82 Å². The van der Waals surface area contributed by atoms with E-state index in [1.807, 2.05) is 0 Å². The topological polar surface area (TPSA) is 47.0 Å². The second-order valence-corrected chi connectivity index (χ2v) is 5.21. The standard InChI is InChI=1S/C15H27N3O/c1-5-7-13-14(16-9-6-2)17-11-18-15(13)19-10-8-12(3)4/h11-12H,5-10H2,1-4H3,(H,16,17,18). The van der Waals surface area contributed by atoms with Crippen LogP contribution in [0.3, 0.4) is 0 Å². The number of nitrogens with one attached hydrogen (secondary N) is 1. The van der Waals surface area contributed by atoms with E-state index in [9.17, 15) is 0 Å². The summed E-state index contributed by atoms with van der Waals surface area (Å²) in [6.45, 7) is 10.4. The third-order valence-electron chi connectivity index (χ3n) is 2.88. The van der Waals surface area contributed by atoms with Crippen molar-refractivity contribution in [2.45, 2.75) is 53.4 Å². The molecule has 0 saturated heterocycles. The molecule has 1 aromatic heterocycles. The predicted molar refractivity (Wildman–Crippen MR) is 79.8 cm³/mol. The van der Waals surface area contributed by atoms with Gasteiger partial charge in [-0.1, -0.05) is 34.1 Å². The molecule has 0 spiro atoms. The summed E-state index contributed by atoms with van der Waals surface area (Å²) >= 11 is 0. The summed E-state index contributed by atoms with van der Waals surface area (Å²) < 4.78 is 5.83. The van der Waals surface area contributed by atoms with Crippen LogP contribution < -0.4 is 10.1 Å². The quantitative estimate of drug-likeness (QED) is 0.740. The van der Waals surface area contributed by atoms with Crippen molar-refractivity contribution in [3.05, 3.63) is 11.9 Å². The van der Waals surface area contributed by atoms with Crippen molar-refractivity contribution in [2.24, 2.45) is 5.92 Å². The molecule has 108 valence electrons. The molecule has 0 aromatic carbocycles. The molecule has 0 bridgehead atoms. The summed E-state index contributed by atoms with van der Waals surface area (Å²) in [7, 11) is 0. The minimum Gasteiger partial charge on any atom is -0.477 e. The maximum absolute atomic E-state index is 5.83. The second-order valence-electron chi connectivity index (χ2n) is 5.21. The van der Waals surface area contributed by atoms with Crippen molar-refractivity contribution < 1.29 is 4.74 Å². The van der Waals surface area contributed by atoms with Gasteiger partial charge in [-0.25, -0.2) is 9.97 Å². The van der Waals surface area contributed by atoms with Crippen molar-refractivity contribution in [1.82, 2.24) is 9.97 Å². The lowest BCUT2D eigenvalue weighted by Crippen LogP contribution is -2.10. The number of anilines is 1. The normalized spacial score (nSPS) is 10.8. The minimum absolute atomic E-state index is 0.647. The van der Waals surface area contributed by atoms with Crippen LogP contribution in [0.2, 0.25) is 0 Å². The van der Waals surface area contributed by atoms with Crippen LogP contribution in [0.4, 0.5) is 5.82 Å². The lowest BCUT2D eigenvalue weighted by molar-refractivity contribution is 0.276. The van der Waals surface area contributed by atoms with Crippen LogP contribution in [-0.4, -0.2) is 23.1 Å². The number of nitrogens with zero attached hydrogens (tertiary/aromatic N) is 2. The van der Waals surface area contributed by atoms with Gasteiger partial charge < -0.3 is 10.1 Å². The highest BCUT2D eigenvalue weighted by Crippen LogP contribution is 2.24. The van der Waals surface area contributed by atoms with Gasteiger partial charge in [0.2, 0.25) is 5.88 Å². The Morgan fingerprint density at radius 3 is 2.63 bits per heavy atom. The number of ether oxygens (including phenoxy) is 1. The van der Waals surface area contributed by atoms with Crippen molar-refractivity contribution in [3.8, 4) is 5.88 Å². The Labute approximate surface area is 117 Å². The van der Waals surface area contributed by atoms with Gasteiger partial charge in [0.25, 0.3) is 0 Å². The summed E-state index contributed by atoms with van der Waals surface area (Å²) in [5, 5.41) is 3.36. The fraction of sp³-hybridized carbons (Fsp3) is 0.733. The van der Waals surface area contributed by atoms with E-state index in [1.165, 1.54) is 0 Å². The molecule has 0 fully saturated rings. The zero-order chi connectivity index (χ0) is 14.1. The van der Waals surface area contributed by atoms with E-state index in [0.29, 0.717) is 5.92 Å². The molecule has 1 N–H and O–H groups in total. The third-order valence-corrected chi connectivity index (χ3v) is 2.88. The average Bonchev–Trinajstić information content (AvgIpc) is 2.38. The molecule has 4 nitrogen and oxygen atoms in total. The van der Waals surface area contributed by atoms with Crippen LogP contribution in [0, 0.1) is 5.92 Å². The lowest BCUT2D eigenvalue weighted by Gasteiger charge is -2.14. The largest absolute Gasteiger partial charge is 0.477 e. The van der Waals surface area contributed by atoms with Gasteiger partial charge in [-0.3, -0.25) is 0 Å². The molecule has 1 rings (SSSR count). The van der Waals surface area contributed by atoms with Gasteiger partial charge >= 0.3 is 0 Å². The molecule has 0 unspecified atom stereocenters. The molecule has 0 radical (unpaired) electrons. The van der Waals surface area contributed by atoms with Crippen molar-refractivity contribution in [1.29, 1.82) is 0 Å². The van der Waals surface area contributed by atoms with Crippen LogP contribution in [0.1, 0.15) is 52.5 Å². The molecule has 0 atom stereocenters. The van der Waals surface area contributed by atoms with E-state index in [4.69, 9.17) is 4.74 Å². The van der Waals surface area contributed by atoms with E-state index in [0.717, 1.165) is 56.1 Å². The van der Waals surface area contributed by atoms with Gasteiger partial charge in [-0.15, -0.1) is 0 Å². The second kappa shape index (κ2) is 8.73. The maximum atomic E-state index is 5.83. The van der Waals surface area contributed by atoms with Gasteiger partial charge in [0.1, 0.15) is 12.1 Å². The van der Waals surface area contributed by atoms with E-state index in [2.05, 4.69) is 43.0 Å². The molecule has 4 heteroatoms. The Kier molecular flexibility index (Phi) is 7.23. The predicted octanol–water partition coefficient (Wildman–Crippen LogP) is 3.68. The SMILES string of the molecule is CCCNc1ncnc(OCCC(C)C)c1CCC. The summed E-state index contributed by atoms with van der Waals surface area (Å²) in [6.07, 6.45) is 5.73. The Morgan fingerprint density at radius 2 is 2.00 bits per heavy atom. The first kappa shape index (κ1) is 15.7. The maximum Gasteiger partial charge on any atom is 0.221 e.